The van der Waals surface area contributed by atoms with Crippen LogP contribution in [0.15, 0.2) is 48.8 Å². The maximum Gasteiger partial charge on any atom is 0.490 e. The van der Waals surface area contributed by atoms with Crippen LogP contribution in [-0.4, -0.2) is 63.5 Å². The topological polar surface area (TPSA) is 90.8 Å². The zero-order valence-corrected chi connectivity index (χ0v) is 18.7. The number of aromatic nitrogens is 1. The van der Waals surface area contributed by atoms with Gasteiger partial charge in [-0.3, -0.25) is 14.6 Å². The van der Waals surface area contributed by atoms with Crippen LogP contribution < -0.4 is 0 Å². The molecule has 2 saturated heterocycles. The van der Waals surface area contributed by atoms with Crippen LogP contribution in [0, 0.1) is 12.3 Å². The number of pyridine rings is 1. The lowest BCUT2D eigenvalue weighted by molar-refractivity contribution is -0.192. The van der Waals surface area contributed by atoms with Gasteiger partial charge in [-0.25, -0.2) is 4.79 Å². The van der Waals surface area contributed by atoms with E-state index in [4.69, 9.17) is 9.90 Å². The van der Waals surface area contributed by atoms with Crippen LogP contribution in [-0.2, 0) is 16.1 Å². The van der Waals surface area contributed by atoms with Crippen molar-refractivity contribution in [2.75, 3.05) is 19.6 Å². The molecule has 2 aliphatic heterocycles. The van der Waals surface area contributed by atoms with Crippen LogP contribution >= 0.6 is 0 Å². The summed E-state index contributed by atoms with van der Waals surface area (Å²) in [5, 5.41) is 7.12. The van der Waals surface area contributed by atoms with Crippen molar-refractivity contribution in [1.82, 2.24) is 14.8 Å². The normalized spacial score (nSPS) is 17.4. The van der Waals surface area contributed by atoms with Crippen LogP contribution in [0.25, 0.3) is 0 Å². The Morgan fingerprint density at radius 3 is 2.32 bits per heavy atom. The van der Waals surface area contributed by atoms with E-state index in [1.165, 1.54) is 0 Å². The number of carbonyl (C=O) groups is 3. The summed E-state index contributed by atoms with van der Waals surface area (Å²) in [5.41, 5.74) is 2.88. The third-order valence-corrected chi connectivity index (χ3v) is 6.23. The van der Waals surface area contributed by atoms with Gasteiger partial charge in [-0.2, -0.15) is 13.2 Å². The average Bonchev–Trinajstić information content (AvgIpc) is 3.09. The Bertz CT molecular complexity index is 1040. The van der Waals surface area contributed by atoms with Crippen molar-refractivity contribution in [3.8, 4) is 0 Å². The van der Waals surface area contributed by atoms with Crippen LogP contribution in [0.5, 0.6) is 0 Å². The second-order valence-corrected chi connectivity index (χ2v) is 8.70. The SMILES string of the molecule is Cc1ccccc1C(=O)N1CCC2(CC1)CC(=O)N(Cc1cccnc1)C2.O=C(O)C(F)(F)F. The van der Waals surface area contributed by atoms with Crippen molar-refractivity contribution in [1.29, 1.82) is 0 Å². The number of carbonyl (C=O) groups excluding carboxylic acids is 2. The number of hydrogen-bond donors (Lipinski definition) is 1. The molecule has 0 saturated carbocycles. The monoisotopic (exact) mass is 477 g/mol. The predicted molar refractivity (Wildman–Crippen MR) is 117 cm³/mol. The number of hydrogen-bond acceptors (Lipinski definition) is 4. The molecule has 0 radical (unpaired) electrons. The smallest absolute Gasteiger partial charge is 0.475 e. The fraction of sp³-hybridized carbons (Fsp3) is 0.417. The molecular formula is C24H26F3N3O4. The Kier molecular flexibility index (Phi) is 7.58. The van der Waals surface area contributed by atoms with Crippen molar-refractivity contribution in [3.63, 3.8) is 0 Å². The Morgan fingerprint density at radius 1 is 1.12 bits per heavy atom. The number of rotatable bonds is 3. The molecule has 2 aromatic rings. The number of aryl methyl sites for hydroxylation is 1. The molecule has 0 unspecified atom stereocenters. The van der Waals surface area contributed by atoms with Gasteiger partial charge in [-0.1, -0.05) is 24.3 Å². The van der Waals surface area contributed by atoms with E-state index in [-0.39, 0.29) is 17.2 Å². The molecule has 4 rings (SSSR count). The lowest BCUT2D eigenvalue weighted by Gasteiger charge is -2.39. The first-order valence-electron chi connectivity index (χ1n) is 10.8. The molecule has 2 fully saturated rings. The molecule has 1 N–H and O–H groups in total. The number of piperidine rings is 1. The fourth-order valence-corrected chi connectivity index (χ4v) is 4.34. The van der Waals surface area contributed by atoms with Crippen molar-refractivity contribution in [2.45, 2.75) is 38.9 Å². The van der Waals surface area contributed by atoms with Crippen molar-refractivity contribution in [2.24, 2.45) is 5.41 Å². The average molecular weight is 477 g/mol. The predicted octanol–water partition coefficient (Wildman–Crippen LogP) is 3.68. The van der Waals surface area contributed by atoms with E-state index in [1.807, 2.05) is 59.3 Å². The fourth-order valence-electron chi connectivity index (χ4n) is 4.34. The van der Waals surface area contributed by atoms with Gasteiger partial charge in [-0.15, -0.1) is 0 Å². The van der Waals surface area contributed by atoms with E-state index in [0.717, 1.165) is 49.2 Å². The zero-order chi connectivity index (χ0) is 24.9. The van der Waals surface area contributed by atoms with Crippen molar-refractivity contribution < 1.29 is 32.7 Å². The van der Waals surface area contributed by atoms with Gasteiger partial charge in [0.15, 0.2) is 0 Å². The van der Waals surface area contributed by atoms with Crippen molar-refractivity contribution >= 4 is 17.8 Å². The molecule has 10 heteroatoms. The maximum atomic E-state index is 12.8. The van der Waals surface area contributed by atoms with Crippen molar-refractivity contribution in [3.05, 3.63) is 65.5 Å². The van der Waals surface area contributed by atoms with E-state index < -0.39 is 12.1 Å². The molecule has 7 nitrogen and oxygen atoms in total. The first kappa shape index (κ1) is 25.2. The molecule has 1 spiro atoms. The number of carboxylic acids is 1. The van der Waals surface area contributed by atoms with Gasteiger partial charge in [0.1, 0.15) is 0 Å². The number of nitrogens with zero attached hydrogens (tertiary/aromatic N) is 3. The number of likely N-dealkylation sites (tertiary alicyclic amines) is 2. The first-order valence-corrected chi connectivity index (χ1v) is 10.8. The largest absolute Gasteiger partial charge is 0.490 e. The Labute approximate surface area is 195 Å². The summed E-state index contributed by atoms with van der Waals surface area (Å²) in [5.74, 6) is -2.43. The molecule has 0 aliphatic carbocycles. The molecule has 1 aromatic heterocycles. The third-order valence-electron chi connectivity index (χ3n) is 6.23. The Hall–Kier alpha value is -3.43. The molecule has 0 atom stereocenters. The van der Waals surface area contributed by atoms with E-state index in [0.29, 0.717) is 13.0 Å². The number of amides is 2. The lowest BCUT2D eigenvalue weighted by atomic mass is 9.77. The number of alkyl halides is 3. The quantitative estimate of drug-likeness (QED) is 0.729. The molecule has 182 valence electrons. The summed E-state index contributed by atoms with van der Waals surface area (Å²) in [6.45, 7) is 4.83. The highest BCUT2D eigenvalue weighted by atomic mass is 19.4. The van der Waals surface area contributed by atoms with Crippen LogP contribution in [0.2, 0.25) is 0 Å². The molecular weight excluding hydrogens is 451 g/mol. The third kappa shape index (κ3) is 6.12. The number of carboxylic acid groups (broad SMARTS) is 1. The summed E-state index contributed by atoms with van der Waals surface area (Å²) in [4.78, 5) is 42.3. The zero-order valence-electron chi connectivity index (χ0n) is 18.7. The summed E-state index contributed by atoms with van der Waals surface area (Å²) >= 11 is 0. The van der Waals surface area contributed by atoms with Crippen LogP contribution in [0.4, 0.5) is 13.2 Å². The van der Waals surface area contributed by atoms with E-state index >= 15 is 0 Å². The Morgan fingerprint density at radius 2 is 1.76 bits per heavy atom. The van der Waals surface area contributed by atoms with Crippen LogP contribution in [0.1, 0.15) is 40.7 Å². The summed E-state index contributed by atoms with van der Waals surface area (Å²) in [6, 6.07) is 11.7. The van der Waals surface area contributed by atoms with Gasteiger partial charge in [0.05, 0.1) is 0 Å². The minimum absolute atomic E-state index is 0.0157. The number of halogens is 3. The highest BCUT2D eigenvalue weighted by molar-refractivity contribution is 5.95. The van der Waals surface area contributed by atoms with Gasteiger partial charge < -0.3 is 14.9 Å². The number of benzene rings is 1. The maximum absolute atomic E-state index is 12.8. The minimum Gasteiger partial charge on any atom is -0.475 e. The van der Waals surface area contributed by atoms with E-state index in [9.17, 15) is 22.8 Å². The summed E-state index contributed by atoms with van der Waals surface area (Å²) in [6.07, 6.45) is 0.860. The summed E-state index contributed by atoms with van der Waals surface area (Å²) in [7, 11) is 0. The van der Waals surface area contributed by atoms with Gasteiger partial charge in [0, 0.05) is 56.0 Å². The second-order valence-electron chi connectivity index (χ2n) is 8.70. The van der Waals surface area contributed by atoms with E-state index in [2.05, 4.69) is 4.98 Å². The molecule has 2 amide bonds. The van der Waals surface area contributed by atoms with E-state index in [1.54, 1.807) is 6.20 Å². The molecule has 0 bridgehead atoms. The van der Waals surface area contributed by atoms with Gasteiger partial charge >= 0.3 is 12.1 Å². The minimum atomic E-state index is -5.08. The molecule has 3 heterocycles. The van der Waals surface area contributed by atoms with Crippen LogP contribution in [0.3, 0.4) is 0 Å². The first-order chi connectivity index (χ1) is 16.0. The van der Waals surface area contributed by atoms with Gasteiger partial charge in [0.2, 0.25) is 5.91 Å². The molecule has 34 heavy (non-hydrogen) atoms. The second kappa shape index (κ2) is 10.2. The molecule has 1 aromatic carbocycles. The highest BCUT2D eigenvalue weighted by Crippen LogP contribution is 2.41. The van der Waals surface area contributed by atoms with Gasteiger partial charge in [-0.05, 0) is 43.0 Å². The molecule has 2 aliphatic rings. The Balaban J connectivity index is 0.000000406. The highest BCUT2D eigenvalue weighted by Gasteiger charge is 2.45. The number of aliphatic carboxylic acids is 1. The summed E-state index contributed by atoms with van der Waals surface area (Å²) < 4.78 is 31.7. The standard InChI is InChI=1S/C22H25N3O2.C2HF3O2/c1-17-5-2-3-7-19(17)21(27)24-11-8-22(9-12-24)13-20(26)25(16-22)15-18-6-4-10-23-14-18;3-2(4,5)1(6)7/h2-7,10,14H,8-9,11-13,15-16H2,1H3;(H,6,7). The lowest BCUT2D eigenvalue weighted by Crippen LogP contribution is -2.44. The van der Waals surface area contributed by atoms with Gasteiger partial charge in [0.25, 0.3) is 5.91 Å².